The first-order valence-corrected chi connectivity index (χ1v) is 6.36. The van der Waals surface area contributed by atoms with Crippen molar-refractivity contribution in [1.82, 2.24) is 10.1 Å². The summed E-state index contributed by atoms with van der Waals surface area (Å²) in [5, 5.41) is 15.1. The third-order valence-corrected chi connectivity index (χ3v) is 3.11. The van der Waals surface area contributed by atoms with Crippen LogP contribution in [0.5, 0.6) is 0 Å². The van der Waals surface area contributed by atoms with Gasteiger partial charge in [-0.3, -0.25) is 10.1 Å². The first-order chi connectivity index (χ1) is 10.1. The number of nitro groups is 1. The Hall–Kier alpha value is -2.73. The van der Waals surface area contributed by atoms with E-state index in [2.05, 4.69) is 10.1 Å². The molecular weight excluding hydrogens is 294 g/mol. The Balaban J connectivity index is 1.90. The smallest absolute Gasteiger partial charge is 0.269 e. The van der Waals surface area contributed by atoms with Gasteiger partial charge in [-0.15, -0.1) is 0 Å². The van der Waals surface area contributed by atoms with E-state index in [-0.39, 0.29) is 5.69 Å². The lowest BCUT2D eigenvalue weighted by Crippen LogP contribution is -1.87. The number of rotatable bonds is 3. The third kappa shape index (κ3) is 2.75. The predicted molar refractivity (Wildman–Crippen MR) is 76.8 cm³/mol. The lowest BCUT2D eigenvalue weighted by atomic mass is 10.2. The van der Waals surface area contributed by atoms with Crippen LogP contribution in [-0.2, 0) is 0 Å². The summed E-state index contributed by atoms with van der Waals surface area (Å²) in [6.07, 6.45) is 0. The van der Waals surface area contributed by atoms with Crippen molar-refractivity contribution in [1.29, 1.82) is 0 Å². The van der Waals surface area contributed by atoms with Crippen molar-refractivity contribution >= 4 is 17.3 Å². The van der Waals surface area contributed by atoms with Crippen LogP contribution in [0.4, 0.5) is 5.69 Å². The fourth-order valence-corrected chi connectivity index (χ4v) is 1.91. The van der Waals surface area contributed by atoms with Crippen LogP contribution in [0.15, 0.2) is 53.1 Å². The monoisotopic (exact) mass is 301 g/mol. The zero-order valence-corrected chi connectivity index (χ0v) is 11.3. The van der Waals surface area contributed by atoms with Crippen LogP contribution in [0.2, 0.25) is 5.02 Å². The number of halogens is 1. The number of hydrogen-bond acceptors (Lipinski definition) is 5. The first kappa shape index (κ1) is 13.3. The van der Waals surface area contributed by atoms with Crippen LogP contribution in [0.25, 0.3) is 22.8 Å². The van der Waals surface area contributed by atoms with E-state index in [1.165, 1.54) is 12.1 Å². The average molecular weight is 302 g/mol. The summed E-state index contributed by atoms with van der Waals surface area (Å²) in [5.41, 5.74) is 1.41. The van der Waals surface area contributed by atoms with Gasteiger partial charge in [-0.1, -0.05) is 16.8 Å². The molecule has 0 fully saturated rings. The fraction of sp³-hybridized carbons (Fsp3) is 0. The molecule has 0 unspecified atom stereocenters. The Morgan fingerprint density at radius 1 is 1.00 bits per heavy atom. The summed E-state index contributed by atoms with van der Waals surface area (Å²) in [6, 6.07) is 13.0. The Kier molecular flexibility index (Phi) is 3.37. The van der Waals surface area contributed by atoms with Crippen LogP contribution < -0.4 is 0 Å². The minimum atomic E-state index is -0.459. The van der Waals surface area contributed by atoms with E-state index < -0.39 is 4.92 Å². The lowest BCUT2D eigenvalue weighted by Gasteiger charge is -1.94. The molecule has 0 amide bonds. The van der Waals surface area contributed by atoms with Gasteiger partial charge in [0.2, 0.25) is 5.82 Å². The summed E-state index contributed by atoms with van der Waals surface area (Å²) in [7, 11) is 0. The Morgan fingerprint density at radius 2 is 1.62 bits per heavy atom. The number of nitrogens with zero attached hydrogens (tertiary/aromatic N) is 3. The minimum Gasteiger partial charge on any atom is -0.334 e. The van der Waals surface area contributed by atoms with Gasteiger partial charge in [-0.25, -0.2) is 0 Å². The van der Waals surface area contributed by atoms with Gasteiger partial charge < -0.3 is 4.52 Å². The van der Waals surface area contributed by atoms with E-state index in [4.69, 9.17) is 16.1 Å². The third-order valence-electron chi connectivity index (χ3n) is 2.85. The van der Waals surface area contributed by atoms with E-state index in [1.54, 1.807) is 36.4 Å². The first-order valence-electron chi connectivity index (χ1n) is 5.98. The van der Waals surface area contributed by atoms with Gasteiger partial charge in [0.1, 0.15) is 0 Å². The Bertz CT molecular complexity index is 782. The van der Waals surface area contributed by atoms with Crippen molar-refractivity contribution in [2.24, 2.45) is 0 Å². The highest BCUT2D eigenvalue weighted by Crippen LogP contribution is 2.24. The molecule has 0 aliphatic rings. The molecule has 7 heteroatoms. The minimum absolute atomic E-state index is 0.0140. The summed E-state index contributed by atoms with van der Waals surface area (Å²) in [5.74, 6) is 0.731. The van der Waals surface area contributed by atoms with Crippen molar-refractivity contribution in [2.45, 2.75) is 0 Å². The largest absolute Gasteiger partial charge is 0.334 e. The van der Waals surface area contributed by atoms with E-state index in [0.29, 0.717) is 22.3 Å². The van der Waals surface area contributed by atoms with E-state index in [1.807, 2.05) is 0 Å². The van der Waals surface area contributed by atoms with Gasteiger partial charge in [-0.05, 0) is 36.4 Å². The molecule has 3 rings (SSSR count). The Labute approximate surface area is 124 Å². The van der Waals surface area contributed by atoms with Crippen molar-refractivity contribution < 1.29 is 9.45 Å². The van der Waals surface area contributed by atoms with Crippen LogP contribution in [0.3, 0.4) is 0 Å². The van der Waals surface area contributed by atoms with Gasteiger partial charge in [0.15, 0.2) is 0 Å². The zero-order chi connectivity index (χ0) is 14.8. The summed E-state index contributed by atoms with van der Waals surface area (Å²) in [6.45, 7) is 0. The van der Waals surface area contributed by atoms with Gasteiger partial charge >= 0.3 is 0 Å². The standard InChI is InChI=1S/C14H8ClN3O3/c15-11-5-1-10(2-6-11)14-16-13(17-21-14)9-3-7-12(8-4-9)18(19)20/h1-8H. The molecule has 0 spiro atoms. The normalized spacial score (nSPS) is 10.5. The Morgan fingerprint density at radius 3 is 2.24 bits per heavy atom. The highest BCUT2D eigenvalue weighted by atomic mass is 35.5. The average Bonchev–Trinajstić information content (AvgIpc) is 2.98. The second kappa shape index (κ2) is 5.34. The quantitative estimate of drug-likeness (QED) is 0.540. The maximum absolute atomic E-state index is 10.6. The molecule has 1 aromatic heterocycles. The topological polar surface area (TPSA) is 82.1 Å². The van der Waals surface area contributed by atoms with Gasteiger partial charge in [0, 0.05) is 28.3 Å². The lowest BCUT2D eigenvalue weighted by molar-refractivity contribution is -0.384. The number of non-ortho nitro benzene ring substituents is 1. The second-order valence-electron chi connectivity index (χ2n) is 4.23. The number of hydrogen-bond donors (Lipinski definition) is 0. The van der Waals surface area contributed by atoms with Crippen LogP contribution in [-0.4, -0.2) is 15.1 Å². The van der Waals surface area contributed by atoms with Crippen LogP contribution in [0.1, 0.15) is 0 Å². The number of benzene rings is 2. The summed E-state index contributed by atoms with van der Waals surface area (Å²) >= 11 is 5.82. The van der Waals surface area contributed by atoms with E-state index in [9.17, 15) is 10.1 Å². The molecular formula is C14H8ClN3O3. The summed E-state index contributed by atoms with van der Waals surface area (Å²) < 4.78 is 5.18. The van der Waals surface area contributed by atoms with E-state index >= 15 is 0 Å². The molecule has 21 heavy (non-hydrogen) atoms. The van der Waals surface area contributed by atoms with Gasteiger partial charge in [0.05, 0.1) is 4.92 Å². The zero-order valence-electron chi connectivity index (χ0n) is 10.6. The molecule has 0 saturated carbocycles. The highest BCUT2D eigenvalue weighted by molar-refractivity contribution is 6.30. The summed E-state index contributed by atoms with van der Waals surface area (Å²) in [4.78, 5) is 14.4. The van der Waals surface area contributed by atoms with Crippen molar-refractivity contribution in [3.05, 3.63) is 63.7 Å². The SMILES string of the molecule is O=[N+]([O-])c1ccc(-c2noc(-c3ccc(Cl)cc3)n2)cc1. The van der Waals surface area contributed by atoms with E-state index in [0.717, 1.165) is 5.56 Å². The fourth-order valence-electron chi connectivity index (χ4n) is 1.78. The van der Waals surface area contributed by atoms with Crippen LogP contribution in [0, 0.1) is 10.1 Å². The number of aromatic nitrogens is 2. The van der Waals surface area contributed by atoms with Crippen molar-refractivity contribution in [3.63, 3.8) is 0 Å². The second-order valence-corrected chi connectivity index (χ2v) is 4.67. The van der Waals surface area contributed by atoms with Crippen molar-refractivity contribution in [2.75, 3.05) is 0 Å². The molecule has 2 aromatic carbocycles. The molecule has 0 atom stereocenters. The molecule has 1 heterocycles. The molecule has 3 aromatic rings. The molecule has 0 saturated heterocycles. The molecule has 0 aliphatic carbocycles. The molecule has 0 radical (unpaired) electrons. The van der Waals surface area contributed by atoms with Crippen molar-refractivity contribution in [3.8, 4) is 22.8 Å². The molecule has 0 N–H and O–H groups in total. The predicted octanol–water partition coefficient (Wildman–Crippen LogP) is 3.97. The highest BCUT2D eigenvalue weighted by Gasteiger charge is 2.12. The maximum Gasteiger partial charge on any atom is 0.269 e. The van der Waals surface area contributed by atoms with Gasteiger partial charge in [0.25, 0.3) is 11.6 Å². The molecule has 0 aliphatic heterocycles. The number of nitro benzene ring substituents is 1. The molecule has 104 valence electrons. The van der Waals surface area contributed by atoms with Crippen LogP contribution >= 0.6 is 11.6 Å². The van der Waals surface area contributed by atoms with Gasteiger partial charge in [-0.2, -0.15) is 4.98 Å². The maximum atomic E-state index is 10.6. The molecule has 0 bridgehead atoms. The molecule has 6 nitrogen and oxygen atoms in total.